The Balaban J connectivity index is 1.81. The van der Waals surface area contributed by atoms with E-state index < -0.39 is 0 Å². The Hall–Kier alpha value is -0.200. The minimum Gasteiger partial charge on any atom is -0.385 e. The number of rotatable bonds is 10. The third-order valence-corrected chi connectivity index (χ3v) is 2.77. The Kier molecular flexibility index (Phi) is 8.56. The Labute approximate surface area is 104 Å². The molecule has 1 aliphatic rings. The first-order valence-corrected chi connectivity index (χ1v) is 6.36. The maximum absolute atomic E-state index is 5.66. The highest BCUT2D eigenvalue weighted by molar-refractivity contribution is 4.73. The lowest BCUT2D eigenvalue weighted by molar-refractivity contribution is -0.0277. The number of methoxy groups -OCH3 is 1. The molecule has 0 amide bonds. The van der Waals surface area contributed by atoms with Gasteiger partial charge in [0.05, 0.1) is 32.0 Å². The van der Waals surface area contributed by atoms with E-state index in [0.717, 1.165) is 32.5 Å². The van der Waals surface area contributed by atoms with Crippen LogP contribution in [0.1, 0.15) is 19.3 Å². The maximum Gasteiger partial charge on any atom is 0.0813 e. The van der Waals surface area contributed by atoms with Gasteiger partial charge in [-0.3, -0.25) is 0 Å². The predicted octanol–water partition coefficient (Wildman–Crippen LogP) is 0.562. The second kappa shape index (κ2) is 9.79. The van der Waals surface area contributed by atoms with Crippen LogP contribution in [0.4, 0.5) is 0 Å². The molecule has 0 saturated carbocycles. The second-order valence-corrected chi connectivity index (χ2v) is 4.23. The lowest BCUT2D eigenvalue weighted by Gasteiger charge is -2.12. The third-order valence-electron chi connectivity index (χ3n) is 2.77. The first-order valence-electron chi connectivity index (χ1n) is 6.36. The topological polar surface area (TPSA) is 62.9 Å². The molecular weight excluding hydrogens is 222 g/mol. The zero-order chi connectivity index (χ0) is 12.3. The summed E-state index contributed by atoms with van der Waals surface area (Å²) in [5.41, 5.74) is 5.53. The molecule has 0 spiro atoms. The van der Waals surface area contributed by atoms with Crippen LogP contribution < -0.4 is 5.73 Å². The van der Waals surface area contributed by atoms with E-state index in [9.17, 15) is 0 Å². The van der Waals surface area contributed by atoms with E-state index >= 15 is 0 Å². The molecule has 1 heterocycles. The van der Waals surface area contributed by atoms with Crippen LogP contribution >= 0.6 is 0 Å². The molecule has 0 aromatic rings. The molecule has 0 aromatic heterocycles. The van der Waals surface area contributed by atoms with Crippen molar-refractivity contribution < 1.29 is 18.9 Å². The fourth-order valence-electron chi connectivity index (χ4n) is 1.82. The van der Waals surface area contributed by atoms with Crippen molar-refractivity contribution in [1.82, 2.24) is 0 Å². The van der Waals surface area contributed by atoms with Gasteiger partial charge in [0.1, 0.15) is 0 Å². The van der Waals surface area contributed by atoms with Crippen molar-refractivity contribution in [1.29, 1.82) is 0 Å². The average molecular weight is 247 g/mol. The van der Waals surface area contributed by atoms with Crippen LogP contribution in [-0.4, -0.2) is 58.9 Å². The van der Waals surface area contributed by atoms with Gasteiger partial charge in [-0.2, -0.15) is 0 Å². The van der Waals surface area contributed by atoms with Gasteiger partial charge in [0, 0.05) is 26.9 Å². The molecule has 0 radical (unpaired) electrons. The van der Waals surface area contributed by atoms with Crippen LogP contribution in [0.2, 0.25) is 0 Å². The summed E-state index contributed by atoms with van der Waals surface area (Å²) in [6.07, 6.45) is 3.49. The Morgan fingerprint density at radius 2 is 1.82 bits per heavy atom. The largest absolute Gasteiger partial charge is 0.385 e. The number of hydrogen-bond acceptors (Lipinski definition) is 5. The summed E-state index contributed by atoms with van der Waals surface area (Å²) >= 11 is 0. The van der Waals surface area contributed by atoms with E-state index in [0.29, 0.717) is 26.4 Å². The highest BCUT2D eigenvalue weighted by Gasteiger charge is 2.23. The van der Waals surface area contributed by atoms with Crippen molar-refractivity contribution in [3.8, 4) is 0 Å². The fourth-order valence-corrected chi connectivity index (χ4v) is 1.82. The molecule has 2 atom stereocenters. The maximum atomic E-state index is 5.66. The van der Waals surface area contributed by atoms with Gasteiger partial charge in [-0.1, -0.05) is 0 Å². The van der Waals surface area contributed by atoms with Crippen LogP contribution in [0, 0.1) is 0 Å². The standard InChI is InChI=1S/C12H25NO4/c1-14-5-2-6-15-7-8-16-10-12-4-3-11(9-13)17-12/h11-12H,2-10,13H2,1H3. The van der Waals surface area contributed by atoms with E-state index in [-0.39, 0.29) is 12.2 Å². The highest BCUT2D eigenvalue weighted by atomic mass is 16.6. The summed E-state index contributed by atoms with van der Waals surface area (Å²) < 4.78 is 21.5. The Bertz CT molecular complexity index is 180. The fraction of sp³-hybridized carbons (Fsp3) is 1.00. The van der Waals surface area contributed by atoms with Gasteiger partial charge in [-0.05, 0) is 19.3 Å². The van der Waals surface area contributed by atoms with Crippen LogP contribution in [-0.2, 0) is 18.9 Å². The predicted molar refractivity (Wildman–Crippen MR) is 65.1 cm³/mol. The lowest BCUT2D eigenvalue weighted by atomic mass is 10.2. The average Bonchev–Trinajstić information content (AvgIpc) is 2.80. The van der Waals surface area contributed by atoms with Crippen molar-refractivity contribution in [3.63, 3.8) is 0 Å². The Morgan fingerprint density at radius 1 is 1.06 bits per heavy atom. The molecular formula is C12H25NO4. The van der Waals surface area contributed by atoms with Crippen molar-refractivity contribution in [2.75, 3.05) is 46.7 Å². The van der Waals surface area contributed by atoms with E-state index in [1.165, 1.54) is 0 Å². The van der Waals surface area contributed by atoms with Crippen molar-refractivity contribution in [2.45, 2.75) is 31.5 Å². The summed E-state index contributed by atoms with van der Waals surface area (Å²) in [5, 5.41) is 0. The first-order chi connectivity index (χ1) is 8.36. The minimum absolute atomic E-state index is 0.219. The summed E-state index contributed by atoms with van der Waals surface area (Å²) in [4.78, 5) is 0. The molecule has 0 aromatic carbocycles. The zero-order valence-corrected chi connectivity index (χ0v) is 10.7. The first kappa shape index (κ1) is 14.9. The number of ether oxygens (including phenoxy) is 4. The van der Waals surface area contributed by atoms with Crippen LogP contribution in [0.3, 0.4) is 0 Å². The lowest BCUT2D eigenvalue weighted by Crippen LogP contribution is -2.23. The third kappa shape index (κ3) is 6.95. The molecule has 17 heavy (non-hydrogen) atoms. The van der Waals surface area contributed by atoms with Gasteiger partial charge >= 0.3 is 0 Å². The molecule has 1 saturated heterocycles. The quantitative estimate of drug-likeness (QED) is 0.572. The monoisotopic (exact) mass is 247 g/mol. The summed E-state index contributed by atoms with van der Waals surface area (Å²) in [6, 6.07) is 0. The van der Waals surface area contributed by atoms with Crippen LogP contribution in [0.15, 0.2) is 0 Å². The van der Waals surface area contributed by atoms with E-state index in [1.807, 2.05) is 0 Å². The molecule has 102 valence electrons. The SMILES string of the molecule is COCCCOCCOCC1CCC(CN)O1. The molecule has 0 bridgehead atoms. The van der Waals surface area contributed by atoms with Gasteiger partial charge in [-0.25, -0.2) is 0 Å². The summed E-state index contributed by atoms with van der Waals surface area (Å²) in [7, 11) is 1.69. The number of nitrogens with two attached hydrogens (primary N) is 1. The van der Waals surface area contributed by atoms with Crippen molar-refractivity contribution in [2.24, 2.45) is 5.73 Å². The second-order valence-electron chi connectivity index (χ2n) is 4.23. The zero-order valence-electron chi connectivity index (χ0n) is 10.7. The van der Waals surface area contributed by atoms with Gasteiger partial charge < -0.3 is 24.7 Å². The van der Waals surface area contributed by atoms with Gasteiger partial charge in [0.2, 0.25) is 0 Å². The Morgan fingerprint density at radius 3 is 2.53 bits per heavy atom. The van der Waals surface area contributed by atoms with Gasteiger partial charge in [0.25, 0.3) is 0 Å². The minimum atomic E-state index is 0.219. The smallest absolute Gasteiger partial charge is 0.0813 e. The molecule has 0 aliphatic carbocycles. The molecule has 5 nitrogen and oxygen atoms in total. The van der Waals surface area contributed by atoms with Crippen LogP contribution in [0.25, 0.3) is 0 Å². The van der Waals surface area contributed by atoms with E-state index in [4.69, 9.17) is 24.7 Å². The summed E-state index contributed by atoms with van der Waals surface area (Å²) in [6.45, 7) is 4.00. The normalized spacial score (nSPS) is 24.4. The van der Waals surface area contributed by atoms with Gasteiger partial charge in [-0.15, -0.1) is 0 Å². The molecule has 5 heteroatoms. The molecule has 1 rings (SSSR count). The summed E-state index contributed by atoms with van der Waals surface area (Å²) in [5.74, 6) is 0. The van der Waals surface area contributed by atoms with E-state index in [2.05, 4.69) is 0 Å². The highest BCUT2D eigenvalue weighted by Crippen LogP contribution is 2.18. The molecule has 1 aliphatic heterocycles. The number of hydrogen-bond donors (Lipinski definition) is 1. The van der Waals surface area contributed by atoms with E-state index in [1.54, 1.807) is 7.11 Å². The molecule has 2 N–H and O–H groups in total. The van der Waals surface area contributed by atoms with Crippen LogP contribution in [0.5, 0.6) is 0 Å². The molecule has 1 fully saturated rings. The van der Waals surface area contributed by atoms with Gasteiger partial charge in [0.15, 0.2) is 0 Å². The molecule has 2 unspecified atom stereocenters. The van der Waals surface area contributed by atoms with Crippen molar-refractivity contribution in [3.05, 3.63) is 0 Å². The van der Waals surface area contributed by atoms with Crippen molar-refractivity contribution >= 4 is 0 Å².